The molecule has 1 aromatic heterocycles. The van der Waals surface area contributed by atoms with Crippen molar-refractivity contribution in [2.75, 3.05) is 69.3 Å². The number of benzene rings is 2. The molecule has 1 amide bonds. The van der Waals surface area contributed by atoms with Gasteiger partial charge < -0.3 is 35.2 Å². The molecule has 0 aliphatic carbocycles. The van der Waals surface area contributed by atoms with Gasteiger partial charge in [0.25, 0.3) is 0 Å². The molecular weight excluding hydrogens is 555 g/mol. The molecule has 0 spiro atoms. The van der Waals surface area contributed by atoms with Gasteiger partial charge in [0.15, 0.2) is 0 Å². The van der Waals surface area contributed by atoms with Gasteiger partial charge in [-0.1, -0.05) is 12.6 Å². The SMILES string of the molecule is C=CC(=O)Nc1cc(Nc2ncc(C(F)(F)F)c(Nc3cccc(C(=O)OC)c3)n2)c(OC)cc1N(C)CCN(C)C. The number of aromatic nitrogens is 2. The van der Waals surface area contributed by atoms with Crippen molar-refractivity contribution < 1.29 is 32.2 Å². The van der Waals surface area contributed by atoms with Crippen molar-refractivity contribution in [3.8, 4) is 5.75 Å². The van der Waals surface area contributed by atoms with Crippen molar-refractivity contribution in [1.82, 2.24) is 14.9 Å². The van der Waals surface area contributed by atoms with Crippen LogP contribution >= 0.6 is 0 Å². The van der Waals surface area contributed by atoms with Crippen molar-refractivity contribution in [2.45, 2.75) is 6.18 Å². The predicted molar refractivity (Wildman–Crippen MR) is 155 cm³/mol. The van der Waals surface area contributed by atoms with Crippen LogP contribution in [0.1, 0.15) is 15.9 Å². The zero-order valence-corrected chi connectivity index (χ0v) is 23.8. The minimum absolute atomic E-state index is 0.137. The Labute approximate surface area is 241 Å². The molecule has 14 heteroatoms. The molecule has 3 rings (SSSR count). The summed E-state index contributed by atoms with van der Waals surface area (Å²) in [7, 11) is 8.35. The molecule has 3 aromatic rings. The topological polar surface area (TPSA) is 121 Å². The van der Waals surface area contributed by atoms with Gasteiger partial charge in [-0.15, -0.1) is 0 Å². The highest BCUT2D eigenvalue weighted by Crippen LogP contribution is 2.39. The van der Waals surface area contributed by atoms with Crippen LogP contribution in [0.3, 0.4) is 0 Å². The molecule has 0 aliphatic heterocycles. The average Bonchev–Trinajstić information content (AvgIpc) is 2.95. The number of hydrogen-bond acceptors (Lipinski definition) is 10. The highest BCUT2D eigenvalue weighted by atomic mass is 19.4. The largest absolute Gasteiger partial charge is 0.494 e. The number of ether oxygens (including phenoxy) is 2. The number of amides is 1. The lowest BCUT2D eigenvalue weighted by Gasteiger charge is -2.26. The summed E-state index contributed by atoms with van der Waals surface area (Å²) in [6.07, 6.45) is -3.02. The van der Waals surface area contributed by atoms with Crippen molar-refractivity contribution in [3.63, 3.8) is 0 Å². The number of alkyl halides is 3. The number of carbonyl (C=O) groups is 2. The first kappa shape index (κ1) is 31.7. The lowest BCUT2D eigenvalue weighted by molar-refractivity contribution is -0.137. The van der Waals surface area contributed by atoms with Crippen LogP contribution in [0, 0.1) is 0 Å². The number of methoxy groups -OCH3 is 2. The van der Waals surface area contributed by atoms with Crippen LogP contribution < -0.4 is 25.6 Å². The molecule has 42 heavy (non-hydrogen) atoms. The van der Waals surface area contributed by atoms with Gasteiger partial charge in [0, 0.05) is 38.1 Å². The second-order valence-electron chi connectivity index (χ2n) is 9.26. The van der Waals surface area contributed by atoms with Gasteiger partial charge in [-0.25, -0.2) is 9.78 Å². The third kappa shape index (κ3) is 8.10. The van der Waals surface area contributed by atoms with E-state index in [4.69, 9.17) is 4.74 Å². The van der Waals surface area contributed by atoms with Crippen LogP contribution in [-0.4, -0.2) is 75.2 Å². The third-order valence-electron chi connectivity index (χ3n) is 5.94. The maximum absolute atomic E-state index is 13.8. The number of nitrogens with one attached hydrogen (secondary N) is 3. The molecule has 11 nitrogen and oxygen atoms in total. The molecule has 1 heterocycles. The van der Waals surface area contributed by atoms with Gasteiger partial charge in [0.1, 0.15) is 17.1 Å². The van der Waals surface area contributed by atoms with Gasteiger partial charge in [-0.3, -0.25) is 4.79 Å². The second kappa shape index (κ2) is 13.7. The van der Waals surface area contributed by atoms with E-state index in [9.17, 15) is 22.8 Å². The summed E-state index contributed by atoms with van der Waals surface area (Å²) in [6.45, 7) is 4.84. The number of halogens is 3. The summed E-state index contributed by atoms with van der Waals surface area (Å²) >= 11 is 0. The van der Waals surface area contributed by atoms with Gasteiger partial charge in [0.2, 0.25) is 11.9 Å². The Kier molecular flexibility index (Phi) is 10.3. The van der Waals surface area contributed by atoms with Crippen molar-refractivity contribution in [1.29, 1.82) is 0 Å². The summed E-state index contributed by atoms with van der Waals surface area (Å²) in [5.74, 6) is -1.53. The van der Waals surface area contributed by atoms with Gasteiger partial charge in [0.05, 0.1) is 36.8 Å². The van der Waals surface area contributed by atoms with E-state index in [2.05, 4.69) is 37.2 Å². The van der Waals surface area contributed by atoms with Crippen LogP contribution in [0.2, 0.25) is 0 Å². The molecule has 0 bridgehead atoms. The Morgan fingerprint density at radius 1 is 1.05 bits per heavy atom. The molecule has 0 radical (unpaired) electrons. The fraction of sp³-hybridized carbons (Fsp3) is 0.286. The zero-order valence-electron chi connectivity index (χ0n) is 23.8. The van der Waals surface area contributed by atoms with Gasteiger partial charge >= 0.3 is 12.1 Å². The van der Waals surface area contributed by atoms with Crippen molar-refractivity contribution in [3.05, 3.63) is 66.4 Å². The van der Waals surface area contributed by atoms with E-state index >= 15 is 0 Å². The Morgan fingerprint density at radius 2 is 1.79 bits per heavy atom. The fourth-order valence-electron chi connectivity index (χ4n) is 3.75. The van der Waals surface area contributed by atoms with E-state index in [0.29, 0.717) is 29.9 Å². The maximum Gasteiger partial charge on any atom is 0.421 e. The minimum Gasteiger partial charge on any atom is -0.494 e. The highest BCUT2D eigenvalue weighted by molar-refractivity contribution is 6.02. The molecule has 0 aliphatic rings. The van der Waals surface area contributed by atoms with Crippen LogP contribution in [-0.2, 0) is 15.7 Å². The number of hydrogen-bond donors (Lipinski definition) is 3. The van der Waals surface area contributed by atoms with Crippen LogP contribution in [0.25, 0.3) is 0 Å². The smallest absolute Gasteiger partial charge is 0.421 e. The molecule has 0 fully saturated rings. The van der Waals surface area contributed by atoms with E-state index < -0.39 is 29.4 Å². The monoisotopic (exact) mass is 587 g/mol. The lowest BCUT2D eigenvalue weighted by atomic mass is 10.2. The minimum atomic E-state index is -4.78. The normalized spacial score (nSPS) is 11.1. The van der Waals surface area contributed by atoms with E-state index in [1.165, 1.54) is 38.5 Å². The Hall–Kier alpha value is -4.85. The summed E-state index contributed by atoms with van der Waals surface area (Å²) < 4.78 is 51.7. The second-order valence-corrected chi connectivity index (χ2v) is 9.26. The predicted octanol–water partition coefficient (Wildman–Crippen LogP) is 4.90. The van der Waals surface area contributed by atoms with E-state index in [1.54, 1.807) is 12.1 Å². The zero-order chi connectivity index (χ0) is 31.0. The van der Waals surface area contributed by atoms with Crippen molar-refractivity contribution in [2.24, 2.45) is 0 Å². The maximum atomic E-state index is 13.8. The Morgan fingerprint density at radius 3 is 2.40 bits per heavy atom. The number of anilines is 6. The molecule has 0 unspecified atom stereocenters. The first-order chi connectivity index (χ1) is 19.9. The number of esters is 1. The Bertz CT molecular complexity index is 1450. The van der Waals surface area contributed by atoms with E-state index in [0.717, 1.165) is 12.6 Å². The summed E-state index contributed by atoms with van der Waals surface area (Å²) in [4.78, 5) is 36.0. The molecule has 0 atom stereocenters. The number of likely N-dealkylation sites (N-methyl/N-ethyl adjacent to an activating group) is 2. The third-order valence-corrected chi connectivity index (χ3v) is 5.94. The van der Waals surface area contributed by atoms with Crippen molar-refractivity contribution >= 4 is 46.4 Å². The quantitative estimate of drug-likeness (QED) is 0.199. The Balaban J connectivity index is 2.04. The number of carbonyl (C=O) groups excluding carboxylic acids is 2. The molecule has 2 aromatic carbocycles. The summed E-state index contributed by atoms with van der Waals surface area (Å²) in [6, 6.07) is 9.01. The standard InChI is InChI=1S/C28H32F3N7O4/c1-7-24(39)34-20-14-21(23(41-5)15-22(20)38(4)12-11-37(2)3)35-27-32-16-19(28(29,30)31)25(36-27)33-18-10-8-9-17(13-18)26(40)42-6/h7-10,13-16H,1,11-12H2,2-6H3,(H,34,39)(H2,32,33,35,36). The highest BCUT2D eigenvalue weighted by Gasteiger charge is 2.35. The van der Waals surface area contributed by atoms with Crippen LogP contribution in [0.15, 0.2) is 55.3 Å². The lowest BCUT2D eigenvalue weighted by Crippen LogP contribution is -2.29. The first-order valence-corrected chi connectivity index (χ1v) is 12.5. The van der Waals surface area contributed by atoms with Crippen LogP contribution in [0.5, 0.6) is 5.75 Å². The van der Waals surface area contributed by atoms with Gasteiger partial charge in [-0.05, 0) is 44.4 Å². The summed E-state index contributed by atoms with van der Waals surface area (Å²) in [5.41, 5.74) is 0.494. The van der Waals surface area contributed by atoms with Crippen LogP contribution in [0.4, 0.5) is 47.7 Å². The first-order valence-electron chi connectivity index (χ1n) is 12.5. The molecular formula is C28H32F3N7O4. The molecule has 0 saturated heterocycles. The summed E-state index contributed by atoms with van der Waals surface area (Å²) in [5, 5.41) is 8.25. The molecule has 224 valence electrons. The molecule has 0 saturated carbocycles. The number of nitrogens with zero attached hydrogens (tertiary/aromatic N) is 4. The van der Waals surface area contributed by atoms with Gasteiger partial charge in [-0.2, -0.15) is 18.2 Å². The molecule has 3 N–H and O–H groups in total. The van der Waals surface area contributed by atoms with E-state index in [1.807, 2.05) is 30.9 Å². The van der Waals surface area contributed by atoms with E-state index in [-0.39, 0.29) is 22.9 Å². The fourth-order valence-corrected chi connectivity index (χ4v) is 3.75. The number of rotatable bonds is 12. The average molecular weight is 588 g/mol.